The SMILES string of the molecule is CC1CCC(N(C)c2cnccc2CNC(C)(C)C)CC1. The van der Waals surface area contributed by atoms with Gasteiger partial charge >= 0.3 is 0 Å². The van der Waals surface area contributed by atoms with E-state index in [1.165, 1.54) is 36.9 Å². The average molecular weight is 289 g/mol. The van der Waals surface area contributed by atoms with Gasteiger partial charge < -0.3 is 10.2 Å². The van der Waals surface area contributed by atoms with Crippen molar-refractivity contribution in [2.24, 2.45) is 5.92 Å². The fraction of sp³-hybridized carbons (Fsp3) is 0.722. The summed E-state index contributed by atoms with van der Waals surface area (Å²) in [5.74, 6) is 0.894. The molecule has 0 spiro atoms. The molecule has 118 valence electrons. The van der Waals surface area contributed by atoms with Crippen LogP contribution >= 0.6 is 0 Å². The van der Waals surface area contributed by atoms with E-state index in [1.807, 2.05) is 12.4 Å². The molecule has 0 radical (unpaired) electrons. The maximum Gasteiger partial charge on any atom is 0.0598 e. The second-order valence-electron chi connectivity index (χ2n) is 7.63. The third-order valence-electron chi connectivity index (χ3n) is 4.61. The van der Waals surface area contributed by atoms with E-state index in [9.17, 15) is 0 Å². The Bertz CT molecular complexity index is 442. The predicted octanol–water partition coefficient (Wildman–Crippen LogP) is 3.98. The Kier molecular flexibility index (Phi) is 5.26. The van der Waals surface area contributed by atoms with Crippen LogP contribution < -0.4 is 10.2 Å². The first kappa shape index (κ1) is 16.3. The lowest BCUT2D eigenvalue weighted by Gasteiger charge is -2.36. The van der Waals surface area contributed by atoms with Crippen LogP contribution in [0.3, 0.4) is 0 Å². The zero-order valence-electron chi connectivity index (χ0n) is 14.3. The summed E-state index contributed by atoms with van der Waals surface area (Å²) in [7, 11) is 2.23. The van der Waals surface area contributed by atoms with Crippen LogP contribution in [-0.2, 0) is 6.54 Å². The number of aromatic nitrogens is 1. The minimum Gasteiger partial charge on any atom is -0.370 e. The van der Waals surface area contributed by atoms with Crippen molar-refractivity contribution in [1.29, 1.82) is 0 Å². The van der Waals surface area contributed by atoms with Crippen molar-refractivity contribution in [2.75, 3.05) is 11.9 Å². The first-order chi connectivity index (χ1) is 9.87. The molecule has 1 aliphatic rings. The maximum absolute atomic E-state index is 4.35. The lowest BCUT2D eigenvalue weighted by atomic mass is 9.86. The molecule has 0 amide bonds. The topological polar surface area (TPSA) is 28.2 Å². The van der Waals surface area contributed by atoms with Gasteiger partial charge in [0, 0.05) is 31.4 Å². The normalized spacial score (nSPS) is 23.1. The van der Waals surface area contributed by atoms with E-state index in [-0.39, 0.29) is 5.54 Å². The van der Waals surface area contributed by atoms with Gasteiger partial charge in [-0.05, 0) is 64.0 Å². The van der Waals surface area contributed by atoms with Gasteiger partial charge in [0.1, 0.15) is 0 Å². The number of pyridine rings is 1. The molecule has 1 saturated carbocycles. The number of hydrogen-bond acceptors (Lipinski definition) is 3. The Morgan fingerprint density at radius 3 is 2.52 bits per heavy atom. The van der Waals surface area contributed by atoms with Gasteiger partial charge in [-0.3, -0.25) is 4.98 Å². The van der Waals surface area contributed by atoms with Crippen LogP contribution in [0.4, 0.5) is 5.69 Å². The second-order valence-corrected chi connectivity index (χ2v) is 7.63. The molecule has 0 aliphatic heterocycles. The Balaban J connectivity index is 2.08. The van der Waals surface area contributed by atoms with Crippen LogP contribution in [0.15, 0.2) is 18.5 Å². The van der Waals surface area contributed by atoms with Crippen molar-refractivity contribution in [2.45, 2.75) is 71.5 Å². The lowest BCUT2D eigenvalue weighted by Crippen LogP contribution is -2.38. The summed E-state index contributed by atoms with van der Waals surface area (Å²) in [6.07, 6.45) is 9.24. The zero-order valence-corrected chi connectivity index (χ0v) is 14.3. The van der Waals surface area contributed by atoms with Gasteiger partial charge in [0.05, 0.1) is 11.9 Å². The molecule has 0 saturated heterocycles. The highest BCUT2D eigenvalue weighted by Gasteiger charge is 2.23. The van der Waals surface area contributed by atoms with Crippen molar-refractivity contribution in [3.05, 3.63) is 24.0 Å². The fourth-order valence-corrected chi connectivity index (χ4v) is 3.07. The number of nitrogens with one attached hydrogen (secondary N) is 1. The average Bonchev–Trinajstić information content (AvgIpc) is 2.45. The Hall–Kier alpha value is -1.09. The summed E-state index contributed by atoms with van der Waals surface area (Å²) in [5, 5.41) is 3.59. The van der Waals surface area contributed by atoms with Gasteiger partial charge in [-0.2, -0.15) is 0 Å². The van der Waals surface area contributed by atoms with E-state index in [0.29, 0.717) is 6.04 Å². The van der Waals surface area contributed by atoms with E-state index in [1.54, 1.807) is 0 Å². The molecule has 1 aromatic heterocycles. The van der Waals surface area contributed by atoms with Crippen molar-refractivity contribution in [3.63, 3.8) is 0 Å². The monoisotopic (exact) mass is 289 g/mol. The van der Waals surface area contributed by atoms with Crippen LogP contribution in [0.5, 0.6) is 0 Å². The smallest absolute Gasteiger partial charge is 0.0598 e. The Labute approximate surface area is 130 Å². The molecule has 1 aromatic rings. The van der Waals surface area contributed by atoms with Gasteiger partial charge in [-0.25, -0.2) is 0 Å². The summed E-state index contributed by atoms with van der Waals surface area (Å²) in [6, 6.07) is 2.81. The summed E-state index contributed by atoms with van der Waals surface area (Å²) < 4.78 is 0. The quantitative estimate of drug-likeness (QED) is 0.908. The van der Waals surface area contributed by atoms with Gasteiger partial charge in [0.2, 0.25) is 0 Å². The molecule has 0 unspecified atom stereocenters. The summed E-state index contributed by atoms with van der Waals surface area (Å²) >= 11 is 0. The van der Waals surface area contributed by atoms with Gasteiger partial charge in [-0.15, -0.1) is 0 Å². The first-order valence-electron chi connectivity index (χ1n) is 8.27. The molecule has 0 atom stereocenters. The molecule has 1 N–H and O–H groups in total. The van der Waals surface area contributed by atoms with E-state index in [0.717, 1.165) is 12.5 Å². The van der Waals surface area contributed by atoms with Gasteiger partial charge in [0.15, 0.2) is 0 Å². The number of anilines is 1. The third kappa shape index (κ3) is 4.70. The zero-order chi connectivity index (χ0) is 15.5. The van der Waals surface area contributed by atoms with Crippen LogP contribution in [0, 0.1) is 5.92 Å². The fourth-order valence-electron chi connectivity index (χ4n) is 3.07. The van der Waals surface area contributed by atoms with Gasteiger partial charge in [0.25, 0.3) is 0 Å². The highest BCUT2D eigenvalue weighted by molar-refractivity contribution is 5.52. The summed E-state index contributed by atoms with van der Waals surface area (Å²) in [5.41, 5.74) is 2.77. The Morgan fingerprint density at radius 1 is 1.24 bits per heavy atom. The summed E-state index contributed by atoms with van der Waals surface area (Å²) in [4.78, 5) is 6.81. The molecule has 2 rings (SSSR count). The maximum atomic E-state index is 4.35. The predicted molar refractivity (Wildman–Crippen MR) is 90.7 cm³/mol. The third-order valence-corrected chi connectivity index (χ3v) is 4.61. The van der Waals surface area contributed by atoms with Crippen LogP contribution in [0.1, 0.15) is 58.9 Å². The molecule has 3 nitrogen and oxygen atoms in total. The van der Waals surface area contributed by atoms with Crippen molar-refractivity contribution >= 4 is 5.69 Å². The van der Waals surface area contributed by atoms with Gasteiger partial charge in [-0.1, -0.05) is 6.92 Å². The van der Waals surface area contributed by atoms with E-state index in [2.05, 4.69) is 56.0 Å². The second kappa shape index (κ2) is 6.78. The van der Waals surface area contributed by atoms with Crippen LogP contribution in [0.2, 0.25) is 0 Å². The first-order valence-corrected chi connectivity index (χ1v) is 8.27. The van der Waals surface area contributed by atoms with E-state index >= 15 is 0 Å². The molecule has 1 fully saturated rings. The minimum absolute atomic E-state index is 0.138. The number of hydrogen-bond donors (Lipinski definition) is 1. The molecule has 0 aromatic carbocycles. The summed E-state index contributed by atoms with van der Waals surface area (Å²) in [6.45, 7) is 9.90. The van der Waals surface area contributed by atoms with Crippen LogP contribution in [0.25, 0.3) is 0 Å². The van der Waals surface area contributed by atoms with Crippen LogP contribution in [-0.4, -0.2) is 23.6 Å². The number of nitrogens with zero attached hydrogens (tertiary/aromatic N) is 2. The molecule has 0 bridgehead atoms. The highest BCUT2D eigenvalue weighted by atomic mass is 15.1. The van der Waals surface area contributed by atoms with Crippen molar-refractivity contribution < 1.29 is 0 Å². The standard InChI is InChI=1S/C18H31N3/c1-14-6-8-16(9-7-14)21(5)17-13-19-11-10-15(17)12-20-18(2,3)4/h10-11,13-14,16,20H,6-9,12H2,1-5H3. The van der Waals surface area contributed by atoms with E-state index in [4.69, 9.17) is 0 Å². The molecule has 21 heavy (non-hydrogen) atoms. The molecule has 1 aliphatic carbocycles. The Morgan fingerprint density at radius 2 is 1.90 bits per heavy atom. The largest absolute Gasteiger partial charge is 0.370 e. The van der Waals surface area contributed by atoms with E-state index < -0.39 is 0 Å². The van der Waals surface area contributed by atoms with Crippen molar-refractivity contribution in [1.82, 2.24) is 10.3 Å². The molecule has 1 heterocycles. The van der Waals surface area contributed by atoms with Crippen molar-refractivity contribution in [3.8, 4) is 0 Å². The minimum atomic E-state index is 0.138. The molecular formula is C18H31N3. The highest BCUT2D eigenvalue weighted by Crippen LogP contribution is 2.30. The lowest BCUT2D eigenvalue weighted by molar-refractivity contribution is 0.340. The molecular weight excluding hydrogens is 258 g/mol. The molecule has 3 heteroatoms. The number of rotatable bonds is 4.